The van der Waals surface area contributed by atoms with Gasteiger partial charge in [0, 0.05) is 26.7 Å². The molecule has 6 heteroatoms. The average Bonchev–Trinajstić information content (AvgIpc) is 2.97. The highest BCUT2D eigenvalue weighted by Gasteiger charge is 2.06. The maximum absolute atomic E-state index is 4.62. The van der Waals surface area contributed by atoms with Gasteiger partial charge in [0.05, 0.1) is 11.0 Å². The molecule has 2 N–H and O–H groups in total. The minimum atomic E-state index is 0. The molecule has 0 aliphatic rings. The summed E-state index contributed by atoms with van der Waals surface area (Å²) in [6.45, 7) is 6.77. The Hall–Kier alpha value is -2.09. The number of aromatic nitrogens is 2. The number of halogens is 1. The number of para-hydroxylation sites is 2. The van der Waals surface area contributed by atoms with Crippen molar-refractivity contribution in [1.29, 1.82) is 0 Å². The number of fused-ring (bicyclic) bond motifs is 1. The van der Waals surface area contributed by atoms with E-state index >= 15 is 0 Å². The van der Waals surface area contributed by atoms with Crippen LogP contribution in [0.2, 0.25) is 0 Å². The number of hydrogen-bond acceptors (Lipinski definition) is 2. The van der Waals surface area contributed by atoms with E-state index in [1.54, 1.807) is 7.05 Å². The molecule has 0 amide bonds. The van der Waals surface area contributed by atoms with Crippen LogP contribution in [-0.4, -0.2) is 29.1 Å². The van der Waals surface area contributed by atoms with Crippen molar-refractivity contribution in [3.05, 3.63) is 65.5 Å². The molecule has 0 bridgehead atoms. The van der Waals surface area contributed by atoms with E-state index in [4.69, 9.17) is 0 Å². The Labute approximate surface area is 178 Å². The minimum Gasteiger partial charge on any atom is -0.356 e. The lowest BCUT2D eigenvalue weighted by Crippen LogP contribution is -2.37. The van der Waals surface area contributed by atoms with Crippen molar-refractivity contribution in [1.82, 2.24) is 20.2 Å². The van der Waals surface area contributed by atoms with Crippen molar-refractivity contribution in [3.8, 4) is 0 Å². The molecule has 0 unspecified atom stereocenters. The molecule has 1 aromatic heterocycles. The number of guanidine groups is 1. The van der Waals surface area contributed by atoms with Gasteiger partial charge < -0.3 is 15.2 Å². The van der Waals surface area contributed by atoms with Gasteiger partial charge in [-0.3, -0.25) is 4.99 Å². The summed E-state index contributed by atoms with van der Waals surface area (Å²) in [5.74, 6) is 1.90. The van der Waals surface area contributed by atoms with Crippen molar-refractivity contribution in [2.75, 3.05) is 13.6 Å². The highest BCUT2D eigenvalue weighted by Crippen LogP contribution is 2.15. The van der Waals surface area contributed by atoms with Crippen molar-refractivity contribution in [3.63, 3.8) is 0 Å². The largest absolute Gasteiger partial charge is 0.356 e. The first-order valence-electron chi connectivity index (χ1n) is 9.10. The first-order valence-corrected chi connectivity index (χ1v) is 9.10. The van der Waals surface area contributed by atoms with Crippen LogP contribution >= 0.6 is 24.0 Å². The summed E-state index contributed by atoms with van der Waals surface area (Å²) in [5.41, 5.74) is 4.84. The van der Waals surface area contributed by atoms with E-state index < -0.39 is 0 Å². The predicted molar refractivity (Wildman–Crippen MR) is 124 cm³/mol. The van der Waals surface area contributed by atoms with Crippen molar-refractivity contribution < 1.29 is 0 Å². The molecule has 0 spiro atoms. The fourth-order valence-electron chi connectivity index (χ4n) is 3.13. The summed E-state index contributed by atoms with van der Waals surface area (Å²) in [4.78, 5) is 8.93. The first kappa shape index (κ1) is 21.2. The van der Waals surface area contributed by atoms with Crippen LogP contribution in [0.4, 0.5) is 0 Å². The van der Waals surface area contributed by atoms with Gasteiger partial charge >= 0.3 is 0 Å². The molecule has 3 rings (SSSR count). The average molecular weight is 477 g/mol. The van der Waals surface area contributed by atoms with Crippen molar-refractivity contribution in [2.24, 2.45) is 4.99 Å². The number of hydrogen-bond donors (Lipinski definition) is 2. The molecule has 2 aromatic carbocycles. The van der Waals surface area contributed by atoms with Crippen LogP contribution in [0.3, 0.4) is 0 Å². The lowest BCUT2D eigenvalue weighted by atomic mass is 10.1. The minimum absolute atomic E-state index is 0. The molecule has 27 heavy (non-hydrogen) atoms. The molecule has 0 saturated carbocycles. The van der Waals surface area contributed by atoms with Crippen LogP contribution in [-0.2, 0) is 13.1 Å². The zero-order valence-corrected chi connectivity index (χ0v) is 18.5. The summed E-state index contributed by atoms with van der Waals surface area (Å²) in [7, 11) is 1.81. The number of nitrogens with zero attached hydrogens (tertiary/aromatic N) is 3. The monoisotopic (exact) mass is 477 g/mol. The van der Waals surface area contributed by atoms with E-state index in [2.05, 4.69) is 81.5 Å². The summed E-state index contributed by atoms with van der Waals surface area (Å²) >= 11 is 0. The molecule has 0 atom stereocenters. The molecular formula is C21H28IN5. The third-order valence-electron chi connectivity index (χ3n) is 4.63. The molecule has 5 nitrogen and oxygen atoms in total. The first-order chi connectivity index (χ1) is 12.7. The van der Waals surface area contributed by atoms with Crippen molar-refractivity contribution in [2.45, 2.75) is 33.4 Å². The topological polar surface area (TPSA) is 54.2 Å². The number of nitrogens with one attached hydrogen (secondary N) is 2. The van der Waals surface area contributed by atoms with Crippen LogP contribution in [0.15, 0.2) is 53.5 Å². The molecule has 0 aliphatic carbocycles. The van der Waals surface area contributed by atoms with Gasteiger partial charge in [0.2, 0.25) is 0 Å². The van der Waals surface area contributed by atoms with Gasteiger partial charge in [-0.15, -0.1) is 24.0 Å². The standard InChI is InChI=1S/C21H27N5.HI/c1-16-9-4-5-10-18(16)15-24-21(22-3)23-13-8-14-26-17(2)25-19-11-6-7-12-20(19)26;/h4-7,9-12H,8,13-15H2,1-3H3,(H2,22,23,24);1H. The fraction of sp³-hybridized carbons (Fsp3) is 0.333. The molecule has 0 aliphatic heterocycles. The Morgan fingerprint density at radius 2 is 1.78 bits per heavy atom. The third kappa shape index (κ3) is 5.45. The lowest BCUT2D eigenvalue weighted by molar-refractivity contribution is 0.624. The second-order valence-corrected chi connectivity index (χ2v) is 6.43. The van der Waals surface area contributed by atoms with Gasteiger partial charge in [0.1, 0.15) is 5.82 Å². The molecule has 0 radical (unpaired) electrons. The van der Waals surface area contributed by atoms with E-state index in [-0.39, 0.29) is 24.0 Å². The van der Waals surface area contributed by atoms with Gasteiger partial charge in [0.25, 0.3) is 0 Å². The molecule has 1 heterocycles. The third-order valence-corrected chi connectivity index (χ3v) is 4.63. The van der Waals surface area contributed by atoms with Gasteiger partial charge in [-0.05, 0) is 43.5 Å². The number of benzene rings is 2. The summed E-state index contributed by atoms with van der Waals surface area (Å²) in [6, 6.07) is 16.7. The maximum Gasteiger partial charge on any atom is 0.191 e. The Morgan fingerprint density at radius 3 is 2.56 bits per heavy atom. The predicted octanol–water partition coefficient (Wildman–Crippen LogP) is 4.03. The van der Waals surface area contributed by atoms with Crippen LogP contribution in [0.25, 0.3) is 11.0 Å². The van der Waals surface area contributed by atoms with E-state index in [1.807, 2.05) is 6.07 Å². The second kappa shape index (κ2) is 10.3. The number of aliphatic imine (C=N–C) groups is 1. The van der Waals surface area contributed by atoms with E-state index in [0.717, 1.165) is 43.4 Å². The van der Waals surface area contributed by atoms with Crippen LogP contribution in [0, 0.1) is 13.8 Å². The van der Waals surface area contributed by atoms with E-state index in [9.17, 15) is 0 Å². The van der Waals surface area contributed by atoms with E-state index in [0.29, 0.717) is 0 Å². The maximum atomic E-state index is 4.62. The highest BCUT2D eigenvalue weighted by molar-refractivity contribution is 14.0. The SMILES string of the molecule is CN=C(NCCCn1c(C)nc2ccccc21)NCc1ccccc1C.I. The van der Waals surface area contributed by atoms with Crippen LogP contribution in [0.1, 0.15) is 23.4 Å². The van der Waals surface area contributed by atoms with Crippen LogP contribution in [0.5, 0.6) is 0 Å². The fourth-order valence-corrected chi connectivity index (χ4v) is 3.13. The molecule has 0 fully saturated rings. The Balaban J connectivity index is 0.00000261. The lowest BCUT2D eigenvalue weighted by Gasteiger charge is -2.13. The summed E-state index contributed by atoms with van der Waals surface area (Å²) < 4.78 is 2.28. The van der Waals surface area contributed by atoms with Gasteiger partial charge in [0.15, 0.2) is 5.96 Å². The number of rotatable bonds is 6. The number of aryl methyl sites for hydroxylation is 3. The Bertz CT molecular complexity index is 900. The normalized spacial score (nSPS) is 11.3. The number of imidazole rings is 1. The zero-order valence-electron chi connectivity index (χ0n) is 16.2. The Morgan fingerprint density at radius 1 is 1.04 bits per heavy atom. The van der Waals surface area contributed by atoms with Crippen LogP contribution < -0.4 is 10.6 Å². The van der Waals surface area contributed by atoms with E-state index in [1.165, 1.54) is 16.6 Å². The van der Waals surface area contributed by atoms with Gasteiger partial charge in [-0.2, -0.15) is 0 Å². The summed E-state index contributed by atoms with van der Waals surface area (Å²) in [5, 5.41) is 6.78. The molecule has 0 saturated heterocycles. The quantitative estimate of drug-likeness (QED) is 0.244. The molecule has 144 valence electrons. The van der Waals surface area contributed by atoms with Gasteiger partial charge in [-0.1, -0.05) is 36.4 Å². The highest BCUT2D eigenvalue weighted by atomic mass is 127. The van der Waals surface area contributed by atoms with Gasteiger partial charge in [-0.25, -0.2) is 4.98 Å². The smallest absolute Gasteiger partial charge is 0.191 e. The molecular weight excluding hydrogens is 449 g/mol. The Kier molecular flexibility index (Phi) is 8.09. The molecule has 3 aromatic rings. The summed E-state index contributed by atoms with van der Waals surface area (Å²) in [6.07, 6.45) is 1.01. The zero-order chi connectivity index (χ0) is 18.4. The van der Waals surface area contributed by atoms with Crippen molar-refractivity contribution >= 4 is 41.0 Å². The second-order valence-electron chi connectivity index (χ2n) is 6.43.